The molecule has 0 unspecified atom stereocenters. The molecule has 0 aromatic heterocycles. The molecule has 0 heterocycles. The number of hydrogen-bond acceptors (Lipinski definition) is 10. The first-order chi connectivity index (χ1) is 19.3. The third kappa shape index (κ3) is 14.7. The number of esters is 4. The molecule has 0 atom stereocenters. The van der Waals surface area contributed by atoms with Crippen LogP contribution in [0.1, 0.15) is 38.8 Å². The van der Waals surface area contributed by atoms with Crippen LogP contribution in [0.4, 0.5) is 0 Å². The maximum atomic E-state index is 12.1. The highest BCUT2D eigenvalue weighted by Gasteiger charge is 2.23. The zero-order chi connectivity index (χ0) is 29.6. The van der Waals surface area contributed by atoms with E-state index in [0.717, 1.165) is 11.1 Å². The van der Waals surface area contributed by atoms with E-state index in [2.05, 4.69) is 5.32 Å². The van der Waals surface area contributed by atoms with Gasteiger partial charge in [0.05, 0.1) is 33.0 Å². The first-order valence-corrected chi connectivity index (χ1v) is 13.2. The highest BCUT2D eigenvalue weighted by atomic mass is 16.6. The van der Waals surface area contributed by atoms with E-state index in [9.17, 15) is 19.2 Å². The number of ether oxygens (including phenoxy) is 4. The van der Waals surface area contributed by atoms with E-state index in [0.29, 0.717) is 19.7 Å². The van der Waals surface area contributed by atoms with Crippen molar-refractivity contribution in [2.24, 2.45) is 0 Å². The molecule has 40 heavy (non-hydrogen) atoms. The molecular formula is C30H40N2O8. The fourth-order valence-corrected chi connectivity index (χ4v) is 3.24. The Morgan fingerprint density at radius 2 is 1.15 bits per heavy atom. The molecule has 0 saturated carbocycles. The normalized spacial score (nSPS) is 9.80. The number of nitrogens with zero attached hydrogens (tertiary/aromatic N) is 1. The second-order valence-electron chi connectivity index (χ2n) is 8.07. The molecule has 0 bridgehead atoms. The van der Waals surface area contributed by atoms with Crippen LogP contribution in [0.2, 0.25) is 0 Å². The Labute approximate surface area is 236 Å². The van der Waals surface area contributed by atoms with Gasteiger partial charge in [-0.25, -0.2) is 9.59 Å². The summed E-state index contributed by atoms with van der Waals surface area (Å²) in [6.45, 7) is 8.85. The molecule has 2 rings (SSSR count). The summed E-state index contributed by atoms with van der Waals surface area (Å²) in [5.74, 6) is -2.27. The predicted octanol–water partition coefficient (Wildman–Crippen LogP) is 3.40. The predicted molar refractivity (Wildman–Crippen MR) is 150 cm³/mol. The first-order valence-electron chi connectivity index (χ1n) is 13.2. The van der Waals surface area contributed by atoms with Crippen molar-refractivity contribution in [2.45, 2.75) is 40.8 Å². The van der Waals surface area contributed by atoms with Crippen LogP contribution < -0.4 is 5.32 Å². The molecule has 10 heteroatoms. The fraction of sp³-hybridized carbons (Fsp3) is 0.400. The van der Waals surface area contributed by atoms with E-state index >= 15 is 0 Å². The van der Waals surface area contributed by atoms with Gasteiger partial charge in [-0.15, -0.1) is 0 Å². The molecule has 2 aromatic carbocycles. The second kappa shape index (κ2) is 20.7. The van der Waals surface area contributed by atoms with E-state index in [1.807, 2.05) is 60.7 Å². The van der Waals surface area contributed by atoms with E-state index in [1.165, 1.54) is 11.1 Å². The average Bonchev–Trinajstić information content (AvgIpc) is 2.93. The van der Waals surface area contributed by atoms with Gasteiger partial charge in [0.25, 0.3) is 0 Å². The van der Waals surface area contributed by atoms with E-state index in [4.69, 9.17) is 18.9 Å². The minimum absolute atomic E-state index is 0.117. The van der Waals surface area contributed by atoms with Crippen LogP contribution in [0.15, 0.2) is 72.4 Å². The standard InChI is InChI=1S/C19H25NO6.C11H15NO2/c1-4-24-17(21)14-20(12-15-10-8-7-9-11-15)13-16(18(22)25-5-2)19(23)26-6-3;1-2-14-11(13)9-12-8-10-6-4-3-5-7-10/h7-11,13H,4-6,12,14H2,1-3H3;3-7,12H,2,8-9H2,1H3. The summed E-state index contributed by atoms with van der Waals surface area (Å²) in [4.78, 5) is 48.6. The van der Waals surface area contributed by atoms with E-state index in [1.54, 1.807) is 27.7 Å². The zero-order valence-corrected chi connectivity index (χ0v) is 23.7. The minimum Gasteiger partial charge on any atom is -0.465 e. The molecule has 10 nitrogen and oxygen atoms in total. The van der Waals surface area contributed by atoms with Crippen LogP contribution in [0.5, 0.6) is 0 Å². The number of nitrogens with one attached hydrogen (secondary N) is 1. The van der Waals surface area contributed by atoms with Crippen molar-refractivity contribution in [3.05, 3.63) is 83.6 Å². The Balaban J connectivity index is 0.000000479. The minimum atomic E-state index is -0.798. The number of carbonyl (C=O) groups is 4. The molecule has 0 aliphatic rings. The topological polar surface area (TPSA) is 120 Å². The van der Waals surface area contributed by atoms with Crippen LogP contribution in [0, 0.1) is 0 Å². The summed E-state index contributed by atoms with van der Waals surface area (Å²) in [5.41, 5.74) is 1.80. The van der Waals surface area contributed by atoms with Gasteiger partial charge in [-0.2, -0.15) is 0 Å². The largest absolute Gasteiger partial charge is 0.465 e. The monoisotopic (exact) mass is 556 g/mol. The molecule has 0 aliphatic heterocycles. The van der Waals surface area contributed by atoms with E-state index < -0.39 is 17.9 Å². The Morgan fingerprint density at radius 3 is 1.65 bits per heavy atom. The fourth-order valence-electron chi connectivity index (χ4n) is 3.24. The van der Waals surface area contributed by atoms with Gasteiger partial charge in [0.2, 0.25) is 0 Å². The molecule has 0 radical (unpaired) electrons. The van der Waals surface area contributed by atoms with Gasteiger partial charge in [0.15, 0.2) is 5.57 Å². The van der Waals surface area contributed by atoms with E-state index in [-0.39, 0.29) is 44.5 Å². The van der Waals surface area contributed by atoms with Crippen molar-refractivity contribution in [3.63, 3.8) is 0 Å². The lowest BCUT2D eigenvalue weighted by atomic mass is 10.2. The van der Waals surface area contributed by atoms with Crippen LogP contribution in [0.3, 0.4) is 0 Å². The third-order valence-electron chi connectivity index (χ3n) is 4.91. The second-order valence-corrected chi connectivity index (χ2v) is 8.07. The summed E-state index contributed by atoms with van der Waals surface area (Å²) < 4.78 is 19.6. The molecule has 1 N–H and O–H groups in total. The molecular weight excluding hydrogens is 516 g/mol. The lowest BCUT2D eigenvalue weighted by Gasteiger charge is -2.20. The van der Waals surface area contributed by atoms with Gasteiger partial charge < -0.3 is 29.2 Å². The van der Waals surface area contributed by atoms with Gasteiger partial charge in [0, 0.05) is 19.3 Å². The quantitative estimate of drug-likeness (QED) is 0.115. The number of hydrogen-bond donors (Lipinski definition) is 1. The highest BCUT2D eigenvalue weighted by molar-refractivity contribution is 6.14. The lowest BCUT2D eigenvalue weighted by Crippen LogP contribution is -2.29. The van der Waals surface area contributed by atoms with Crippen molar-refractivity contribution in [1.29, 1.82) is 0 Å². The zero-order valence-electron chi connectivity index (χ0n) is 23.7. The number of benzene rings is 2. The molecule has 0 amide bonds. The van der Waals surface area contributed by atoms with Gasteiger partial charge in [-0.1, -0.05) is 60.7 Å². The number of rotatable bonds is 15. The molecule has 218 valence electrons. The molecule has 0 fully saturated rings. The average molecular weight is 557 g/mol. The summed E-state index contributed by atoms with van der Waals surface area (Å²) in [7, 11) is 0. The Hall–Kier alpha value is -4.18. The highest BCUT2D eigenvalue weighted by Crippen LogP contribution is 2.10. The van der Waals surface area contributed by atoms with Crippen molar-refractivity contribution in [1.82, 2.24) is 10.2 Å². The summed E-state index contributed by atoms with van der Waals surface area (Å²) >= 11 is 0. The molecule has 0 aliphatic carbocycles. The smallest absolute Gasteiger partial charge is 0.347 e. The number of carbonyl (C=O) groups excluding carboxylic acids is 4. The van der Waals surface area contributed by atoms with Gasteiger partial charge in [-0.3, -0.25) is 9.59 Å². The van der Waals surface area contributed by atoms with Crippen molar-refractivity contribution in [3.8, 4) is 0 Å². The van der Waals surface area contributed by atoms with Crippen molar-refractivity contribution < 1.29 is 38.1 Å². The SMILES string of the molecule is CCOC(=O)CN(C=C(C(=O)OCC)C(=O)OCC)Cc1ccccc1.CCOC(=O)CNCc1ccccc1. The molecule has 0 spiro atoms. The Kier molecular flexibility index (Phi) is 17.6. The Bertz CT molecular complexity index is 1040. The van der Waals surface area contributed by atoms with Crippen molar-refractivity contribution in [2.75, 3.05) is 39.5 Å². The van der Waals surface area contributed by atoms with Crippen LogP contribution in [0.25, 0.3) is 0 Å². The third-order valence-corrected chi connectivity index (χ3v) is 4.91. The summed E-state index contributed by atoms with van der Waals surface area (Å²) in [6, 6.07) is 19.3. The summed E-state index contributed by atoms with van der Waals surface area (Å²) in [5, 5.41) is 3.01. The van der Waals surface area contributed by atoms with Gasteiger partial charge in [-0.05, 0) is 38.8 Å². The Morgan fingerprint density at radius 1 is 0.675 bits per heavy atom. The lowest BCUT2D eigenvalue weighted by molar-refractivity contribution is -0.148. The first kappa shape index (κ1) is 33.8. The van der Waals surface area contributed by atoms with Crippen LogP contribution in [-0.4, -0.2) is 68.3 Å². The van der Waals surface area contributed by atoms with Crippen LogP contribution >= 0.6 is 0 Å². The molecule has 2 aromatic rings. The van der Waals surface area contributed by atoms with Crippen LogP contribution in [-0.2, 0) is 51.2 Å². The summed E-state index contributed by atoms with van der Waals surface area (Å²) in [6.07, 6.45) is 1.29. The van der Waals surface area contributed by atoms with Gasteiger partial charge >= 0.3 is 23.9 Å². The maximum Gasteiger partial charge on any atom is 0.347 e. The molecule has 0 saturated heterocycles. The maximum absolute atomic E-state index is 12.1. The van der Waals surface area contributed by atoms with Gasteiger partial charge in [0.1, 0.15) is 6.54 Å². The van der Waals surface area contributed by atoms with Crippen molar-refractivity contribution >= 4 is 23.9 Å².